The molecule has 46 heavy (non-hydrogen) atoms. The molecule has 0 bridgehead atoms. The number of aliphatic carboxylic acids is 1. The van der Waals surface area contributed by atoms with Crippen LogP contribution in [-0.4, -0.2) is 65.0 Å². The smallest absolute Gasteiger partial charge is 0.490 e. The van der Waals surface area contributed by atoms with Gasteiger partial charge in [-0.2, -0.15) is 18.3 Å². The number of aromatic nitrogens is 2. The zero-order valence-electron chi connectivity index (χ0n) is 25.3. The molecule has 8 nitrogen and oxygen atoms in total. The Bertz CT molecular complexity index is 1740. The number of likely N-dealkylation sites (tertiary alicyclic amines) is 1. The summed E-state index contributed by atoms with van der Waals surface area (Å²) >= 11 is 0. The standard InChI is InChI=1S/C33H34N4O2.C2HF3O2/c1-39-32-8-4-3-7-26(32)29-21-34-33(38)28(29)19-25-13-15-27-30(35-36-31(27)20-25)16-14-23-9-11-24(12-10-23)22-37-17-5-2-6-18-37;3-2(4,5)1(6)7/h3-4,7-16,19-20,29H,2,5-6,17-18,21-22H2,1H3,(H,34,38)(H,35,36);(H,6,7)/b16-14+,28-19?;. The number of H-pyrrole nitrogens is 1. The van der Waals surface area contributed by atoms with Crippen LogP contribution in [0.5, 0.6) is 5.75 Å². The van der Waals surface area contributed by atoms with Gasteiger partial charge in [0.25, 0.3) is 0 Å². The summed E-state index contributed by atoms with van der Waals surface area (Å²) in [5.74, 6) is -2.06. The van der Waals surface area contributed by atoms with Gasteiger partial charge in [0.1, 0.15) is 5.75 Å². The molecule has 1 aromatic heterocycles. The average Bonchev–Trinajstić information content (AvgIpc) is 3.63. The van der Waals surface area contributed by atoms with Crippen molar-refractivity contribution in [2.45, 2.75) is 37.9 Å². The molecule has 1 amide bonds. The normalized spacial score (nSPS) is 18.0. The minimum absolute atomic E-state index is 0.0406. The molecule has 0 saturated carbocycles. The van der Waals surface area contributed by atoms with Gasteiger partial charge in [-0.15, -0.1) is 0 Å². The number of para-hydroxylation sites is 1. The molecule has 2 fully saturated rings. The number of nitrogens with zero attached hydrogens (tertiary/aromatic N) is 2. The van der Waals surface area contributed by atoms with Gasteiger partial charge < -0.3 is 15.2 Å². The summed E-state index contributed by atoms with van der Waals surface area (Å²) in [5.41, 5.74) is 7.06. The summed E-state index contributed by atoms with van der Waals surface area (Å²) in [5, 5.41) is 18.9. The zero-order valence-corrected chi connectivity index (χ0v) is 25.3. The second kappa shape index (κ2) is 14.5. The van der Waals surface area contributed by atoms with Gasteiger partial charge in [0.2, 0.25) is 5.91 Å². The summed E-state index contributed by atoms with van der Waals surface area (Å²) in [4.78, 5) is 24.2. The molecule has 0 aliphatic carbocycles. The molecule has 240 valence electrons. The number of piperidine rings is 1. The Kier molecular flexibility index (Phi) is 10.2. The first-order valence-electron chi connectivity index (χ1n) is 15.0. The number of rotatable bonds is 7. The molecule has 2 saturated heterocycles. The number of fused-ring (bicyclic) bond motifs is 1. The first kappa shape index (κ1) is 32.5. The summed E-state index contributed by atoms with van der Waals surface area (Å²) in [6, 6.07) is 22.9. The topological polar surface area (TPSA) is 108 Å². The van der Waals surface area contributed by atoms with E-state index in [-0.39, 0.29) is 11.8 Å². The number of alkyl halides is 3. The molecule has 3 heterocycles. The second-order valence-electron chi connectivity index (χ2n) is 11.2. The molecule has 2 aliphatic heterocycles. The van der Waals surface area contributed by atoms with Crippen LogP contribution in [0.4, 0.5) is 13.2 Å². The van der Waals surface area contributed by atoms with E-state index in [0.717, 1.165) is 51.2 Å². The molecular formula is C35H35F3N4O4. The van der Waals surface area contributed by atoms with Gasteiger partial charge in [0.05, 0.1) is 18.3 Å². The number of benzene rings is 3. The number of amides is 1. The third-order valence-electron chi connectivity index (χ3n) is 8.07. The van der Waals surface area contributed by atoms with Gasteiger partial charge in [-0.3, -0.25) is 14.8 Å². The lowest BCUT2D eigenvalue weighted by molar-refractivity contribution is -0.192. The predicted molar refractivity (Wildman–Crippen MR) is 171 cm³/mol. The van der Waals surface area contributed by atoms with Gasteiger partial charge >= 0.3 is 12.1 Å². The minimum Gasteiger partial charge on any atom is -0.496 e. The number of ether oxygens (including phenoxy) is 1. The van der Waals surface area contributed by atoms with E-state index in [4.69, 9.17) is 14.6 Å². The van der Waals surface area contributed by atoms with Crippen LogP contribution in [0.15, 0.2) is 72.3 Å². The van der Waals surface area contributed by atoms with Gasteiger partial charge in [-0.1, -0.05) is 61.0 Å². The van der Waals surface area contributed by atoms with E-state index in [1.54, 1.807) is 7.11 Å². The van der Waals surface area contributed by atoms with Gasteiger partial charge in [-0.05, 0) is 73.0 Å². The van der Waals surface area contributed by atoms with Gasteiger partial charge in [0, 0.05) is 35.5 Å². The van der Waals surface area contributed by atoms with E-state index in [0.29, 0.717) is 6.54 Å². The van der Waals surface area contributed by atoms with Crippen LogP contribution in [0.2, 0.25) is 0 Å². The number of methoxy groups -OCH3 is 1. The molecule has 2 aliphatic rings. The molecule has 0 radical (unpaired) electrons. The van der Waals surface area contributed by atoms with E-state index in [1.165, 1.54) is 37.9 Å². The maximum atomic E-state index is 12.7. The summed E-state index contributed by atoms with van der Waals surface area (Å²) < 4.78 is 37.3. The lowest BCUT2D eigenvalue weighted by Gasteiger charge is -2.26. The van der Waals surface area contributed by atoms with Crippen molar-refractivity contribution in [1.29, 1.82) is 0 Å². The van der Waals surface area contributed by atoms with Crippen LogP contribution in [0.25, 0.3) is 29.1 Å². The van der Waals surface area contributed by atoms with E-state index in [9.17, 15) is 18.0 Å². The first-order chi connectivity index (χ1) is 22.1. The van der Waals surface area contributed by atoms with E-state index < -0.39 is 12.1 Å². The Morgan fingerprint density at radius 1 is 1.02 bits per heavy atom. The predicted octanol–water partition coefficient (Wildman–Crippen LogP) is 6.66. The van der Waals surface area contributed by atoms with Crippen LogP contribution >= 0.6 is 0 Å². The number of hydrogen-bond donors (Lipinski definition) is 3. The quantitative estimate of drug-likeness (QED) is 0.197. The number of nitrogens with one attached hydrogen (secondary N) is 2. The van der Waals surface area contributed by atoms with Crippen molar-refractivity contribution < 1.29 is 32.6 Å². The van der Waals surface area contributed by atoms with E-state index >= 15 is 0 Å². The molecule has 4 aromatic rings. The van der Waals surface area contributed by atoms with Crippen LogP contribution in [-0.2, 0) is 16.1 Å². The summed E-state index contributed by atoms with van der Waals surface area (Å²) in [6.07, 6.45) is 5.05. The Hall–Kier alpha value is -4.90. The van der Waals surface area contributed by atoms with E-state index in [2.05, 4.69) is 62.9 Å². The van der Waals surface area contributed by atoms with Gasteiger partial charge in [-0.25, -0.2) is 4.79 Å². The van der Waals surface area contributed by atoms with Crippen molar-refractivity contribution in [2.75, 3.05) is 26.7 Å². The maximum Gasteiger partial charge on any atom is 0.490 e. The molecule has 1 atom stereocenters. The Balaban J connectivity index is 0.000000537. The summed E-state index contributed by atoms with van der Waals surface area (Å²) in [7, 11) is 1.66. The lowest BCUT2D eigenvalue weighted by Crippen LogP contribution is -2.28. The SMILES string of the molecule is COc1ccccc1C1CNC(=O)C1=Cc1ccc2c(/C=C/c3ccc(CN4CCCCC4)cc3)n[nH]c2c1.O=C(O)C(F)(F)F. The second-order valence-corrected chi connectivity index (χ2v) is 11.2. The zero-order chi connectivity index (χ0) is 32.7. The van der Waals surface area contributed by atoms with Crippen molar-refractivity contribution >= 4 is 41.0 Å². The summed E-state index contributed by atoms with van der Waals surface area (Å²) in [6.45, 7) is 4.02. The van der Waals surface area contributed by atoms with Crippen LogP contribution < -0.4 is 10.1 Å². The number of carbonyl (C=O) groups is 2. The van der Waals surface area contributed by atoms with Crippen LogP contribution in [0.1, 0.15) is 53.1 Å². The lowest BCUT2D eigenvalue weighted by atomic mass is 9.91. The molecule has 1 unspecified atom stereocenters. The Morgan fingerprint density at radius 3 is 2.41 bits per heavy atom. The fourth-order valence-electron chi connectivity index (χ4n) is 5.70. The third kappa shape index (κ3) is 8.02. The van der Waals surface area contributed by atoms with Crippen molar-refractivity contribution in [2.24, 2.45) is 0 Å². The number of aromatic amines is 1. The number of halogens is 3. The highest BCUT2D eigenvalue weighted by atomic mass is 19.4. The van der Waals surface area contributed by atoms with E-state index in [1.807, 2.05) is 42.5 Å². The molecule has 11 heteroatoms. The number of carboxylic acids is 1. The monoisotopic (exact) mass is 632 g/mol. The molecule has 6 rings (SSSR count). The number of carbonyl (C=O) groups excluding carboxylic acids is 1. The van der Waals surface area contributed by atoms with Crippen molar-refractivity contribution in [3.8, 4) is 5.75 Å². The number of hydrogen-bond acceptors (Lipinski definition) is 5. The molecule has 3 N–H and O–H groups in total. The fraction of sp³-hybridized carbons (Fsp3) is 0.286. The molecular weight excluding hydrogens is 597 g/mol. The highest BCUT2D eigenvalue weighted by Gasteiger charge is 2.38. The van der Waals surface area contributed by atoms with Crippen LogP contribution in [0.3, 0.4) is 0 Å². The average molecular weight is 633 g/mol. The highest BCUT2D eigenvalue weighted by Crippen LogP contribution is 2.35. The first-order valence-corrected chi connectivity index (χ1v) is 15.0. The number of carboxylic acid groups (broad SMARTS) is 1. The fourth-order valence-corrected chi connectivity index (χ4v) is 5.70. The van der Waals surface area contributed by atoms with Crippen LogP contribution in [0, 0.1) is 0 Å². The molecule has 3 aromatic carbocycles. The Morgan fingerprint density at radius 2 is 1.72 bits per heavy atom. The third-order valence-corrected chi connectivity index (χ3v) is 8.07. The van der Waals surface area contributed by atoms with Crippen molar-refractivity contribution in [3.05, 3.63) is 100 Å². The van der Waals surface area contributed by atoms with Crippen molar-refractivity contribution in [1.82, 2.24) is 20.4 Å². The maximum absolute atomic E-state index is 12.7. The highest BCUT2D eigenvalue weighted by molar-refractivity contribution is 6.02. The minimum atomic E-state index is -5.08. The largest absolute Gasteiger partial charge is 0.496 e. The van der Waals surface area contributed by atoms with Gasteiger partial charge in [0.15, 0.2) is 0 Å². The molecule has 0 spiro atoms. The Labute approximate surface area is 264 Å². The van der Waals surface area contributed by atoms with Crippen molar-refractivity contribution in [3.63, 3.8) is 0 Å².